The maximum absolute atomic E-state index is 8.25. The second kappa shape index (κ2) is 5.47. The Kier molecular flexibility index (Phi) is 4.82. The van der Waals surface area contributed by atoms with E-state index in [1.165, 1.54) is 11.1 Å². The Balaban J connectivity index is 0.000000292. The van der Waals surface area contributed by atoms with E-state index < -0.39 is 6.47 Å². The molecule has 0 saturated heterocycles. The van der Waals surface area contributed by atoms with Crippen molar-refractivity contribution < 1.29 is 9.90 Å². The van der Waals surface area contributed by atoms with E-state index in [1.54, 1.807) is 0 Å². The Morgan fingerprint density at radius 1 is 1.09 bits per heavy atom. The van der Waals surface area contributed by atoms with Gasteiger partial charge in [0.15, 0.2) is 0 Å². The molecule has 60 valence electrons. The summed E-state index contributed by atoms with van der Waals surface area (Å²) in [6.45, 7) is 3.69. The van der Waals surface area contributed by atoms with Crippen molar-refractivity contribution in [2.75, 3.05) is 0 Å². The van der Waals surface area contributed by atoms with Gasteiger partial charge < -0.3 is 9.90 Å². The number of carbonyl (C=O) groups is 1. The zero-order valence-electron chi connectivity index (χ0n) is 6.70. The normalized spacial score (nSPS) is 7.82. The molecular weight excluding hydrogens is 140 g/mol. The third kappa shape index (κ3) is 5.15. The van der Waals surface area contributed by atoms with Crippen molar-refractivity contribution in [1.82, 2.24) is 0 Å². The molecule has 0 spiro atoms. The number of aryl methyl sites for hydroxylation is 2. The number of benzene rings is 1. The van der Waals surface area contributed by atoms with Crippen LogP contribution in [0.25, 0.3) is 0 Å². The minimum Gasteiger partial charge on any atom is -0.554 e. The molecule has 0 heterocycles. The molecule has 0 atom stereocenters. The van der Waals surface area contributed by atoms with Crippen LogP contribution < -0.4 is 5.11 Å². The molecule has 0 fully saturated rings. The molecule has 0 unspecified atom stereocenters. The number of rotatable bonds is 0. The lowest BCUT2D eigenvalue weighted by molar-refractivity contribution is -0.283. The van der Waals surface area contributed by atoms with E-state index in [0.29, 0.717) is 0 Å². The Hall–Kier alpha value is -1.31. The molecule has 0 bridgehead atoms. The molecule has 0 aliphatic rings. The van der Waals surface area contributed by atoms with Gasteiger partial charge in [-0.25, -0.2) is 0 Å². The van der Waals surface area contributed by atoms with Crippen LogP contribution in [0.2, 0.25) is 0 Å². The van der Waals surface area contributed by atoms with Crippen LogP contribution in [-0.2, 0) is 4.79 Å². The summed E-state index contributed by atoms with van der Waals surface area (Å²) < 4.78 is 0. The first-order valence-electron chi connectivity index (χ1n) is 3.29. The Morgan fingerprint density at radius 2 is 1.27 bits per heavy atom. The van der Waals surface area contributed by atoms with E-state index in [0.717, 1.165) is 0 Å². The van der Waals surface area contributed by atoms with Crippen molar-refractivity contribution in [3.8, 4) is 0 Å². The van der Waals surface area contributed by atoms with Gasteiger partial charge in [-0.2, -0.15) is 0 Å². The van der Waals surface area contributed by atoms with Crippen molar-refractivity contribution in [3.05, 3.63) is 35.4 Å². The van der Waals surface area contributed by atoms with E-state index in [-0.39, 0.29) is 0 Å². The third-order valence-corrected chi connectivity index (χ3v) is 1.22. The molecule has 0 radical (unpaired) electrons. The van der Waals surface area contributed by atoms with Crippen LogP contribution >= 0.6 is 0 Å². The fourth-order valence-electron chi connectivity index (χ4n) is 0.637. The molecule has 0 aliphatic heterocycles. The fourth-order valence-corrected chi connectivity index (χ4v) is 0.637. The second-order valence-corrected chi connectivity index (χ2v) is 2.25. The monoisotopic (exact) mass is 151 g/mol. The van der Waals surface area contributed by atoms with Crippen LogP contribution in [0.1, 0.15) is 11.1 Å². The summed E-state index contributed by atoms with van der Waals surface area (Å²) in [6, 6.07) is 8.48. The fraction of sp³-hybridized carbons (Fsp3) is 0.222. The summed E-state index contributed by atoms with van der Waals surface area (Å²) in [5, 5.41) is 8.25. The van der Waals surface area contributed by atoms with Gasteiger partial charge in [-0.05, 0) is 13.8 Å². The number of hydrogen-bond acceptors (Lipinski definition) is 2. The maximum Gasteiger partial charge on any atom is 0.0275 e. The Morgan fingerprint density at radius 3 is 1.45 bits per heavy atom. The van der Waals surface area contributed by atoms with Crippen LogP contribution in [0.4, 0.5) is 0 Å². The van der Waals surface area contributed by atoms with Gasteiger partial charge >= 0.3 is 0 Å². The van der Waals surface area contributed by atoms with Crippen molar-refractivity contribution in [1.29, 1.82) is 0 Å². The molecule has 0 N–H and O–H groups in total. The summed E-state index contributed by atoms with van der Waals surface area (Å²) in [6.07, 6.45) is 0. The highest BCUT2D eigenvalue weighted by molar-refractivity contribution is 5.29. The lowest BCUT2D eigenvalue weighted by Gasteiger charge is -1.90. The van der Waals surface area contributed by atoms with Gasteiger partial charge in [0.25, 0.3) is 0 Å². The predicted molar refractivity (Wildman–Crippen MR) is 42.0 cm³/mol. The Bertz CT molecular complexity index is 180. The molecule has 2 heteroatoms. The second-order valence-electron chi connectivity index (χ2n) is 2.25. The first-order chi connectivity index (χ1) is 5.20. The quantitative estimate of drug-likeness (QED) is 0.511. The SMILES string of the molecule is Cc1ccc(C)cc1.O=C[O-]. The molecule has 1 rings (SSSR count). The topological polar surface area (TPSA) is 40.1 Å². The van der Waals surface area contributed by atoms with Gasteiger partial charge in [-0.3, -0.25) is 0 Å². The molecule has 0 aromatic heterocycles. The lowest BCUT2D eigenvalue weighted by atomic mass is 10.2. The van der Waals surface area contributed by atoms with Crippen molar-refractivity contribution in [3.63, 3.8) is 0 Å². The summed E-state index contributed by atoms with van der Waals surface area (Å²) in [7, 11) is 0. The van der Waals surface area contributed by atoms with Crippen molar-refractivity contribution >= 4 is 6.47 Å². The molecule has 2 nitrogen and oxygen atoms in total. The minimum atomic E-state index is -0.500. The van der Waals surface area contributed by atoms with Gasteiger partial charge in [0.1, 0.15) is 0 Å². The molecular formula is C9H11O2-. The van der Waals surface area contributed by atoms with Crippen LogP contribution in [0, 0.1) is 13.8 Å². The highest BCUT2D eigenvalue weighted by Gasteiger charge is 1.79. The smallest absolute Gasteiger partial charge is 0.0275 e. The largest absolute Gasteiger partial charge is 0.554 e. The van der Waals surface area contributed by atoms with Gasteiger partial charge in [0, 0.05) is 6.47 Å². The molecule has 1 aromatic rings. The lowest BCUT2D eigenvalue weighted by Crippen LogP contribution is -2.01. The molecule has 0 amide bonds. The molecule has 0 saturated carbocycles. The number of carboxylic acid groups (broad SMARTS) is 1. The third-order valence-electron chi connectivity index (χ3n) is 1.22. The van der Waals surface area contributed by atoms with E-state index >= 15 is 0 Å². The van der Waals surface area contributed by atoms with Gasteiger partial charge in [-0.1, -0.05) is 35.4 Å². The van der Waals surface area contributed by atoms with Gasteiger partial charge in [0.05, 0.1) is 0 Å². The highest BCUT2D eigenvalue weighted by Crippen LogP contribution is 1.99. The highest BCUT2D eigenvalue weighted by atomic mass is 16.3. The van der Waals surface area contributed by atoms with E-state index in [1.807, 2.05) is 0 Å². The van der Waals surface area contributed by atoms with E-state index in [9.17, 15) is 0 Å². The van der Waals surface area contributed by atoms with Crippen LogP contribution in [0.15, 0.2) is 24.3 Å². The molecule has 0 aliphatic carbocycles. The minimum absolute atomic E-state index is 0.500. The zero-order valence-corrected chi connectivity index (χ0v) is 6.70. The number of carbonyl (C=O) groups excluding carboxylic acids is 1. The maximum atomic E-state index is 8.25. The Labute approximate surface area is 66.5 Å². The summed E-state index contributed by atoms with van der Waals surface area (Å²) in [5.41, 5.74) is 2.66. The first-order valence-corrected chi connectivity index (χ1v) is 3.29. The summed E-state index contributed by atoms with van der Waals surface area (Å²) >= 11 is 0. The standard InChI is InChI=1S/C8H10.CH2O2/c1-7-3-5-8(2)6-4-7;2-1-3/h3-6H,1-2H3;1H,(H,2,3)/p-1. The van der Waals surface area contributed by atoms with Crippen molar-refractivity contribution in [2.24, 2.45) is 0 Å². The first kappa shape index (κ1) is 9.69. The van der Waals surface area contributed by atoms with Crippen molar-refractivity contribution in [2.45, 2.75) is 13.8 Å². The zero-order chi connectivity index (χ0) is 8.69. The molecule has 1 aromatic carbocycles. The number of hydrogen-bond donors (Lipinski definition) is 0. The van der Waals surface area contributed by atoms with Gasteiger partial charge in [-0.15, -0.1) is 0 Å². The van der Waals surface area contributed by atoms with E-state index in [4.69, 9.17) is 9.90 Å². The van der Waals surface area contributed by atoms with Crippen LogP contribution in [0.3, 0.4) is 0 Å². The van der Waals surface area contributed by atoms with Crippen LogP contribution in [-0.4, -0.2) is 6.47 Å². The predicted octanol–water partition coefficient (Wildman–Crippen LogP) is 0.670. The van der Waals surface area contributed by atoms with Crippen LogP contribution in [0.5, 0.6) is 0 Å². The average molecular weight is 151 g/mol. The summed E-state index contributed by atoms with van der Waals surface area (Å²) in [5.74, 6) is 0. The van der Waals surface area contributed by atoms with E-state index in [2.05, 4.69) is 38.1 Å². The summed E-state index contributed by atoms with van der Waals surface area (Å²) in [4.78, 5) is 8.25. The average Bonchev–Trinajstić information content (AvgIpc) is 1.97. The molecule has 11 heavy (non-hydrogen) atoms. The van der Waals surface area contributed by atoms with Gasteiger partial charge in [0.2, 0.25) is 0 Å².